The maximum Gasteiger partial charge on any atom is 0.0702 e. The van der Waals surface area contributed by atoms with E-state index in [0.717, 1.165) is 5.52 Å². The Hall–Kier alpha value is -1.37. The zero-order valence-corrected chi connectivity index (χ0v) is 8.91. The highest BCUT2D eigenvalue weighted by atomic mass is 14.6. The highest BCUT2D eigenvalue weighted by Gasteiger charge is 2.01. The summed E-state index contributed by atoms with van der Waals surface area (Å²) in [4.78, 5) is 4.44. The molecular formula is C13H15N. The molecule has 0 unspecified atom stereocenters. The molecule has 0 spiro atoms. The summed E-state index contributed by atoms with van der Waals surface area (Å²) in [5.41, 5.74) is 3.68. The number of hydrogen-bond donors (Lipinski definition) is 0. The van der Waals surface area contributed by atoms with Crippen LogP contribution in [0.2, 0.25) is 0 Å². The second kappa shape index (κ2) is 3.41. The van der Waals surface area contributed by atoms with E-state index in [0.29, 0.717) is 5.92 Å². The SMILES string of the molecule is Cc1ccc2ncc(C(C)C)cc2c1. The Morgan fingerprint density at radius 3 is 2.64 bits per heavy atom. The molecule has 0 amide bonds. The van der Waals surface area contributed by atoms with Gasteiger partial charge in [0, 0.05) is 11.6 Å². The summed E-state index contributed by atoms with van der Waals surface area (Å²) >= 11 is 0. The molecule has 0 bridgehead atoms. The number of aryl methyl sites for hydroxylation is 1. The first kappa shape index (κ1) is 9.20. The van der Waals surface area contributed by atoms with Crippen molar-refractivity contribution in [3.05, 3.63) is 41.6 Å². The topological polar surface area (TPSA) is 12.9 Å². The molecule has 0 fully saturated rings. The lowest BCUT2D eigenvalue weighted by atomic mass is 10.0. The van der Waals surface area contributed by atoms with Crippen LogP contribution in [0.3, 0.4) is 0 Å². The number of pyridine rings is 1. The highest BCUT2D eigenvalue weighted by molar-refractivity contribution is 5.79. The van der Waals surface area contributed by atoms with Crippen molar-refractivity contribution in [3.63, 3.8) is 0 Å². The first-order valence-corrected chi connectivity index (χ1v) is 5.03. The fourth-order valence-corrected chi connectivity index (χ4v) is 1.58. The van der Waals surface area contributed by atoms with E-state index in [4.69, 9.17) is 0 Å². The molecule has 72 valence electrons. The maximum atomic E-state index is 4.44. The van der Waals surface area contributed by atoms with Gasteiger partial charge in [-0.3, -0.25) is 4.98 Å². The Bertz CT molecular complexity index is 458. The summed E-state index contributed by atoms with van der Waals surface area (Å²) in [6, 6.07) is 8.60. The van der Waals surface area contributed by atoms with Crippen LogP contribution in [-0.2, 0) is 0 Å². The summed E-state index contributed by atoms with van der Waals surface area (Å²) in [5.74, 6) is 0.549. The Balaban J connectivity index is 2.63. The predicted octanol–water partition coefficient (Wildman–Crippen LogP) is 3.67. The molecule has 0 aliphatic carbocycles. The van der Waals surface area contributed by atoms with Gasteiger partial charge in [-0.2, -0.15) is 0 Å². The lowest BCUT2D eigenvalue weighted by Gasteiger charge is -2.06. The van der Waals surface area contributed by atoms with Crippen LogP contribution in [0.15, 0.2) is 30.5 Å². The van der Waals surface area contributed by atoms with E-state index >= 15 is 0 Å². The van der Waals surface area contributed by atoms with Gasteiger partial charge in [-0.1, -0.05) is 25.5 Å². The third-order valence-corrected chi connectivity index (χ3v) is 2.52. The van der Waals surface area contributed by atoms with Crippen LogP contribution < -0.4 is 0 Å². The second-order valence-electron chi connectivity index (χ2n) is 4.12. The number of hydrogen-bond acceptors (Lipinski definition) is 1. The Labute approximate surface area is 84.8 Å². The van der Waals surface area contributed by atoms with E-state index in [9.17, 15) is 0 Å². The number of benzene rings is 1. The molecule has 0 atom stereocenters. The minimum absolute atomic E-state index is 0.549. The van der Waals surface area contributed by atoms with Gasteiger partial charge in [0.1, 0.15) is 0 Å². The Morgan fingerprint density at radius 2 is 1.93 bits per heavy atom. The van der Waals surface area contributed by atoms with E-state index in [-0.39, 0.29) is 0 Å². The molecule has 1 aromatic heterocycles. The largest absolute Gasteiger partial charge is 0.256 e. The van der Waals surface area contributed by atoms with Crippen LogP contribution >= 0.6 is 0 Å². The summed E-state index contributed by atoms with van der Waals surface area (Å²) in [5, 5.41) is 1.25. The average Bonchev–Trinajstić information content (AvgIpc) is 2.16. The minimum atomic E-state index is 0.549. The standard InChI is InChI=1S/C13H15N/c1-9(2)12-7-11-6-10(3)4-5-13(11)14-8-12/h4-9H,1-3H3. The van der Waals surface area contributed by atoms with E-state index in [1.807, 2.05) is 6.20 Å². The average molecular weight is 185 g/mol. The molecule has 0 radical (unpaired) electrons. The zero-order chi connectivity index (χ0) is 10.1. The molecule has 2 aromatic rings. The smallest absolute Gasteiger partial charge is 0.0702 e. The Morgan fingerprint density at radius 1 is 1.14 bits per heavy atom. The van der Waals surface area contributed by atoms with Gasteiger partial charge in [0.25, 0.3) is 0 Å². The van der Waals surface area contributed by atoms with Gasteiger partial charge in [0.2, 0.25) is 0 Å². The van der Waals surface area contributed by atoms with Crippen molar-refractivity contribution in [2.24, 2.45) is 0 Å². The van der Waals surface area contributed by atoms with Crippen molar-refractivity contribution in [1.29, 1.82) is 0 Å². The van der Waals surface area contributed by atoms with E-state index in [1.54, 1.807) is 0 Å². The fourth-order valence-electron chi connectivity index (χ4n) is 1.58. The normalized spacial score (nSPS) is 11.1. The van der Waals surface area contributed by atoms with Crippen LogP contribution in [0.5, 0.6) is 0 Å². The summed E-state index contributed by atoms with van der Waals surface area (Å²) in [7, 11) is 0. The fraction of sp³-hybridized carbons (Fsp3) is 0.308. The minimum Gasteiger partial charge on any atom is -0.256 e. The number of aromatic nitrogens is 1. The summed E-state index contributed by atoms with van der Waals surface area (Å²) in [6.45, 7) is 6.50. The Kier molecular flexibility index (Phi) is 2.24. The molecule has 0 aliphatic rings. The lowest BCUT2D eigenvalue weighted by Crippen LogP contribution is -1.89. The highest BCUT2D eigenvalue weighted by Crippen LogP contribution is 2.19. The quantitative estimate of drug-likeness (QED) is 0.660. The van der Waals surface area contributed by atoms with Gasteiger partial charge in [0.15, 0.2) is 0 Å². The monoisotopic (exact) mass is 185 g/mol. The molecule has 2 rings (SSSR count). The molecule has 1 heteroatoms. The van der Waals surface area contributed by atoms with E-state index in [2.05, 4.69) is 50.0 Å². The van der Waals surface area contributed by atoms with Crippen LogP contribution in [0.4, 0.5) is 0 Å². The van der Waals surface area contributed by atoms with Crippen molar-refractivity contribution in [2.75, 3.05) is 0 Å². The molecule has 1 aromatic carbocycles. The summed E-state index contributed by atoms with van der Waals surface area (Å²) < 4.78 is 0. The first-order valence-electron chi connectivity index (χ1n) is 5.03. The lowest BCUT2D eigenvalue weighted by molar-refractivity contribution is 0.862. The third kappa shape index (κ3) is 1.63. The van der Waals surface area contributed by atoms with Gasteiger partial charge < -0.3 is 0 Å². The van der Waals surface area contributed by atoms with Crippen LogP contribution in [0.25, 0.3) is 10.9 Å². The van der Waals surface area contributed by atoms with Crippen molar-refractivity contribution >= 4 is 10.9 Å². The van der Waals surface area contributed by atoms with Crippen molar-refractivity contribution in [2.45, 2.75) is 26.7 Å². The predicted molar refractivity (Wildman–Crippen MR) is 60.6 cm³/mol. The molecule has 14 heavy (non-hydrogen) atoms. The number of fused-ring (bicyclic) bond motifs is 1. The molecule has 0 aliphatic heterocycles. The van der Waals surface area contributed by atoms with Crippen molar-refractivity contribution in [3.8, 4) is 0 Å². The number of rotatable bonds is 1. The van der Waals surface area contributed by atoms with Crippen molar-refractivity contribution < 1.29 is 0 Å². The second-order valence-corrected chi connectivity index (χ2v) is 4.12. The van der Waals surface area contributed by atoms with Crippen LogP contribution in [0, 0.1) is 6.92 Å². The van der Waals surface area contributed by atoms with Gasteiger partial charge in [-0.15, -0.1) is 0 Å². The van der Waals surface area contributed by atoms with Gasteiger partial charge in [-0.05, 0) is 36.6 Å². The molecular weight excluding hydrogens is 170 g/mol. The molecule has 0 saturated carbocycles. The van der Waals surface area contributed by atoms with Gasteiger partial charge >= 0.3 is 0 Å². The molecule has 1 nitrogen and oxygen atoms in total. The van der Waals surface area contributed by atoms with Crippen LogP contribution in [0.1, 0.15) is 30.9 Å². The van der Waals surface area contributed by atoms with Crippen LogP contribution in [-0.4, -0.2) is 4.98 Å². The number of nitrogens with zero attached hydrogens (tertiary/aromatic N) is 1. The zero-order valence-electron chi connectivity index (χ0n) is 8.91. The first-order chi connectivity index (χ1) is 6.66. The summed E-state index contributed by atoms with van der Waals surface area (Å²) in [6.07, 6.45) is 1.97. The third-order valence-electron chi connectivity index (χ3n) is 2.52. The molecule has 0 saturated heterocycles. The van der Waals surface area contributed by atoms with E-state index < -0.39 is 0 Å². The van der Waals surface area contributed by atoms with Gasteiger partial charge in [-0.25, -0.2) is 0 Å². The maximum absolute atomic E-state index is 4.44. The van der Waals surface area contributed by atoms with Crippen molar-refractivity contribution in [1.82, 2.24) is 4.98 Å². The molecule has 1 heterocycles. The van der Waals surface area contributed by atoms with E-state index in [1.165, 1.54) is 16.5 Å². The van der Waals surface area contributed by atoms with Gasteiger partial charge in [0.05, 0.1) is 5.52 Å². The molecule has 0 N–H and O–H groups in total.